The van der Waals surface area contributed by atoms with Crippen LogP contribution in [0, 0.1) is 24.6 Å². The first-order valence-corrected chi connectivity index (χ1v) is 6.74. The number of furan rings is 1. The molecule has 2 aromatic rings. The third kappa shape index (κ3) is 4.76. The van der Waals surface area contributed by atoms with Crippen LogP contribution in [0.3, 0.4) is 0 Å². The lowest BCUT2D eigenvalue weighted by atomic mass is 10.2. The largest absolute Gasteiger partial charge is 0.426 e. The Morgan fingerprint density at radius 1 is 1.43 bits per heavy atom. The van der Waals surface area contributed by atoms with Gasteiger partial charge < -0.3 is 14.9 Å². The van der Waals surface area contributed by atoms with E-state index in [-0.39, 0.29) is 24.7 Å². The number of carbonyl (C=O) groups excluding carboxylic acids is 1. The van der Waals surface area contributed by atoms with Crippen LogP contribution in [-0.4, -0.2) is 22.8 Å². The number of carbonyl (C=O) groups is 1. The number of hydrogen-bond donors (Lipinski definition) is 2. The molecular weight excluding hydrogens is 303 g/mol. The number of halogens is 1. The number of urea groups is 1. The quantitative estimate of drug-likeness (QED) is 0.515. The number of nitrogens with zero attached hydrogens (tertiary/aromatic N) is 1. The number of aryl methyl sites for hydroxylation is 1. The van der Waals surface area contributed by atoms with E-state index in [1.54, 1.807) is 25.1 Å². The van der Waals surface area contributed by atoms with Gasteiger partial charge in [0.25, 0.3) is 5.95 Å². The highest BCUT2D eigenvalue weighted by Crippen LogP contribution is 2.25. The zero-order valence-corrected chi connectivity index (χ0v) is 12.4. The van der Waals surface area contributed by atoms with Gasteiger partial charge in [-0.3, -0.25) is 5.21 Å². The van der Waals surface area contributed by atoms with Crippen LogP contribution in [0.4, 0.5) is 9.18 Å². The normalized spacial score (nSPS) is 9.87. The summed E-state index contributed by atoms with van der Waals surface area (Å²) in [7, 11) is 0. The molecule has 1 aromatic carbocycles. The van der Waals surface area contributed by atoms with Crippen molar-refractivity contribution in [1.82, 2.24) is 5.06 Å². The second-order valence-corrected chi connectivity index (χ2v) is 4.64. The molecule has 7 heteroatoms. The average molecular weight is 318 g/mol. The van der Waals surface area contributed by atoms with Crippen LogP contribution in [0.15, 0.2) is 34.7 Å². The zero-order chi connectivity index (χ0) is 16.8. The summed E-state index contributed by atoms with van der Waals surface area (Å²) in [4.78, 5) is 10.6. The van der Waals surface area contributed by atoms with E-state index >= 15 is 0 Å². The molecular formula is C16H15FN2O4. The number of ether oxygens (including phenoxy) is 1. The number of benzene rings is 1. The number of rotatable bonds is 4. The molecule has 1 aromatic heterocycles. The number of primary amides is 1. The molecule has 0 saturated carbocycles. The van der Waals surface area contributed by atoms with Crippen molar-refractivity contribution in [1.29, 1.82) is 0 Å². The lowest BCUT2D eigenvalue weighted by Gasteiger charge is -2.08. The minimum Gasteiger partial charge on any atom is -0.426 e. The molecule has 0 bridgehead atoms. The number of nitrogens with two attached hydrogens (primary N) is 1. The molecule has 2 rings (SSSR count). The van der Waals surface area contributed by atoms with Crippen LogP contribution >= 0.6 is 0 Å². The summed E-state index contributed by atoms with van der Waals surface area (Å²) < 4.78 is 24.0. The van der Waals surface area contributed by atoms with Gasteiger partial charge in [-0.2, -0.15) is 0 Å². The van der Waals surface area contributed by atoms with E-state index < -0.39 is 6.03 Å². The van der Waals surface area contributed by atoms with E-state index in [4.69, 9.17) is 20.1 Å². The highest BCUT2D eigenvalue weighted by molar-refractivity contribution is 5.70. The molecule has 0 fully saturated rings. The molecule has 0 spiro atoms. The maximum Gasteiger partial charge on any atom is 0.338 e. The van der Waals surface area contributed by atoms with E-state index in [1.807, 2.05) is 0 Å². The Bertz CT molecular complexity index is 761. The highest BCUT2D eigenvalue weighted by Gasteiger charge is 2.05. The van der Waals surface area contributed by atoms with Gasteiger partial charge in [-0.15, -0.1) is 0 Å². The minimum absolute atomic E-state index is 0.00125. The summed E-state index contributed by atoms with van der Waals surface area (Å²) in [6.45, 7) is 1.64. The molecule has 23 heavy (non-hydrogen) atoms. The smallest absolute Gasteiger partial charge is 0.338 e. The van der Waals surface area contributed by atoms with Gasteiger partial charge in [-0.05, 0) is 42.7 Å². The van der Waals surface area contributed by atoms with Gasteiger partial charge >= 0.3 is 6.03 Å². The van der Waals surface area contributed by atoms with Crippen molar-refractivity contribution in [3.8, 4) is 23.5 Å². The van der Waals surface area contributed by atoms with Gasteiger partial charge in [0.1, 0.15) is 11.6 Å². The maximum absolute atomic E-state index is 13.2. The van der Waals surface area contributed by atoms with Crippen molar-refractivity contribution >= 4 is 6.03 Å². The molecule has 2 amide bonds. The molecule has 0 aliphatic carbocycles. The lowest BCUT2D eigenvalue weighted by Crippen LogP contribution is -2.33. The third-order valence-corrected chi connectivity index (χ3v) is 2.84. The van der Waals surface area contributed by atoms with Crippen LogP contribution in [-0.2, 0) is 0 Å². The standard InChI is InChI=1S/C16H15FN2O4/c1-11-10-13(5-7-14(11)17)23-15-8-6-12(22-15)4-2-3-9-19(21)16(18)20/h5-8,10,21H,3,9H2,1H3,(H2,18,20). The van der Waals surface area contributed by atoms with E-state index in [0.29, 0.717) is 22.1 Å². The summed E-state index contributed by atoms with van der Waals surface area (Å²) >= 11 is 0. The number of hydroxylamine groups is 2. The maximum atomic E-state index is 13.2. The predicted octanol–water partition coefficient (Wildman–Crippen LogP) is 3.03. The molecule has 6 nitrogen and oxygen atoms in total. The van der Waals surface area contributed by atoms with Crippen molar-refractivity contribution in [2.75, 3.05) is 6.54 Å². The fraction of sp³-hybridized carbons (Fsp3) is 0.188. The van der Waals surface area contributed by atoms with Crippen LogP contribution in [0.25, 0.3) is 0 Å². The molecule has 120 valence electrons. The summed E-state index contributed by atoms with van der Waals surface area (Å²) in [5, 5.41) is 9.43. The monoisotopic (exact) mass is 318 g/mol. The second kappa shape index (κ2) is 7.33. The highest BCUT2D eigenvalue weighted by atomic mass is 19.1. The molecule has 0 aliphatic rings. The van der Waals surface area contributed by atoms with Gasteiger partial charge in [0.05, 0.1) is 6.54 Å². The summed E-state index contributed by atoms with van der Waals surface area (Å²) in [5.41, 5.74) is 5.33. The van der Waals surface area contributed by atoms with Crippen LogP contribution in [0.1, 0.15) is 17.7 Å². The van der Waals surface area contributed by atoms with Crippen LogP contribution in [0.2, 0.25) is 0 Å². The van der Waals surface area contributed by atoms with Crippen molar-refractivity contribution in [3.05, 3.63) is 47.5 Å². The van der Waals surface area contributed by atoms with Crippen LogP contribution < -0.4 is 10.5 Å². The first-order valence-electron chi connectivity index (χ1n) is 6.74. The Balaban J connectivity index is 1.93. The van der Waals surface area contributed by atoms with Gasteiger partial charge in [-0.1, -0.05) is 5.92 Å². The number of amides is 2. The molecule has 1 heterocycles. The van der Waals surface area contributed by atoms with E-state index in [1.165, 1.54) is 12.1 Å². The Labute approximate surface area is 132 Å². The fourth-order valence-corrected chi connectivity index (χ4v) is 1.66. The van der Waals surface area contributed by atoms with Crippen LogP contribution in [0.5, 0.6) is 11.7 Å². The Morgan fingerprint density at radius 2 is 2.22 bits per heavy atom. The lowest BCUT2D eigenvalue weighted by molar-refractivity contribution is -0.0372. The Kier molecular flexibility index (Phi) is 5.23. The first-order chi connectivity index (χ1) is 11.0. The number of hydrogen-bond acceptors (Lipinski definition) is 4. The molecule has 0 radical (unpaired) electrons. The fourth-order valence-electron chi connectivity index (χ4n) is 1.66. The van der Waals surface area contributed by atoms with Crippen molar-refractivity contribution in [3.63, 3.8) is 0 Å². The molecule has 0 aliphatic heterocycles. The van der Waals surface area contributed by atoms with Gasteiger partial charge in [0.15, 0.2) is 5.76 Å². The summed E-state index contributed by atoms with van der Waals surface area (Å²) in [5.74, 6) is 6.17. The first kappa shape index (κ1) is 16.4. The third-order valence-electron chi connectivity index (χ3n) is 2.84. The predicted molar refractivity (Wildman–Crippen MR) is 79.5 cm³/mol. The second-order valence-electron chi connectivity index (χ2n) is 4.64. The molecule has 0 unspecified atom stereocenters. The van der Waals surface area contributed by atoms with Gasteiger partial charge in [-0.25, -0.2) is 14.2 Å². The SMILES string of the molecule is Cc1cc(Oc2ccc(C#CCCN(O)C(N)=O)o2)ccc1F. The Morgan fingerprint density at radius 3 is 2.91 bits per heavy atom. The van der Waals surface area contributed by atoms with E-state index in [9.17, 15) is 9.18 Å². The average Bonchev–Trinajstić information content (AvgIpc) is 2.94. The van der Waals surface area contributed by atoms with Gasteiger partial charge in [0.2, 0.25) is 0 Å². The summed E-state index contributed by atoms with van der Waals surface area (Å²) in [6.07, 6.45) is 0.230. The van der Waals surface area contributed by atoms with Crippen molar-refractivity contribution in [2.45, 2.75) is 13.3 Å². The minimum atomic E-state index is -0.935. The van der Waals surface area contributed by atoms with Crippen molar-refractivity contribution in [2.24, 2.45) is 5.73 Å². The van der Waals surface area contributed by atoms with E-state index in [0.717, 1.165) is 0 Å². The Hall–Kier alpha value is -2.98. The molecule has 0 atom stereocenters. The molecule has 3 N–H and O–H groups in total. The summed E-state index contributed by atoms with van der Waals surface area (Å²) in [6, 6.07) is 6.63. The topological polar surface area (TPSA) is 88.9 Å². The zero-order valence-electron chi connectivity index (χ0n) is 12.4. The molecule has 0 saturated heterocycles. The van der Waals surface area contributed by atoms with E-state index in [2.05, 4.69) is 11.8 Å². The van der Waals surface area contributed by atoms with Gasteiger partial charge in [0, 0.05) is 12.5 Å². The van der Waals surface area contributed by atoms with Crippen molar-refractivity contribution < 1.29 is 23.5 Å².